The van der Waals surface area contributed by atoms with Gasteiger partial charge in [0.25, 0.3) is 11.8 Å². The number of carbonyl (C=O) groups is 1. The van der Waals surface area contributed by atoms with E-state index in [2.05, 4.69) is 20.5 Å². The number of halogens is 1. The molecule has 1 saturated heterocycles. The molecule has 0 bridgehead atoms. The summed E-state index contributed by atoms with van der Waals surface area (Å²) in [5.74, 6) is -0.0833. The van der Waals surface area contributed by atoms with Gasteiger partial charge in [-0.05, 0) is 18.6 Å². The summed E-state index contributed by atoms with van der Waals surface area (Å²) in [4.78, 5) is 18.6. The van der Waals surface area contributed by atoms with Gasteiger partial charge in [0.05, 0.1) is 17.8 Å². The van der Waals surface area contributed by atoms with Gasteiger partial charge in [-0.3, -0.25) is 4.79 Å². The highest BCUT2D eigenvalue weighted by Crippen LogP contribution is 2.25. The van der Waals surface area contributed by atoms with Crippen molar-refractivity contribution in [1.82, 2.24) is 30.0 Å². The van der Waals surface area contributed by atoms with Gasteiger partial charge < -0.3 is 9.42 Å². The molecule has 0 radical (unpaired) electrons. The van der Waals surface area contributed by atoms with Crippen molar-refractivity contribution in [2.24, 2.45) is 0 Å². The van der Waals surface area contributed by atoms with Crippen LogP contribution in [0.5, 0.6) is 0 Å². The number of nitrogens with zero attached hydrogens (tertiary/aromatic N) is 6. The number of aromatic nitrogens is 5. The summed E-state index contributed by atoms with van der Waals surface area (Å²) in [7, 11) is 0. The summed E-state index contributed by atoms with van der Waals surface area (Å²) in [6.45, 7) is 0.945. The molecule has 0 spiro atoms. The predicted molar refractivity (Wildman–Crippen MR) is 105 cm³/mol. The van der Waals surface area contributed by atoms with Gasteiger partial charge in [0, 0.05) is 18.7 Å². The molecule has 0 N–H and O–H groups in total. The van der Waals surface area contributed by atoms with Crippen LogP contribution in [0.4, 0.5) is 4.39 Å². The largest absolute Gasteiger partial charge is 0.336 e. The van der Waals surface area contributed by atoms with E-state index in [-0.39, 0.29) is 23.4 Å². The number of carbonyl (C=O) groups excluding carboxylic acids is 1. The lowest BCUT2D eigenvalue weighted by molar-refractivity contribution is 0.0782. The van der Waals surface area contributed by atoms with Gasteiger partial charge in [-0.1, -0.05) is 52.8 Å². The van der Waals surface area contributed by atoms with Gasteiger partial charge in [-0.25, -0.2) is 9.07 Å². The molecule has 1 atom stereocenters. The zero-order valence-electron chi connectivity index (χ0n) is 15.8. The van der Waals surface area contributed by atoms with Crippen molar-refractivity contribution < 1.29 is 13.7 Å². The fourth-order valence-electron chi connectivity index (χ4n) is 3.53. The molecular formula is C21H17FN6O2. The number of rotatable bonds is 4. The Kier molecular flexibility index (Phi) is 4.55. The van der Waals surface area contributed by atoms with Crippen LogP contribution in [0, 0.1) is 5.82 Å². The fourth-order valence-corrected chi connectivity index (χ4v) is 3.53. The van der Waals surface area contributed by atoms with Crippen molar-refractivity contribution >= 4 is 5.91 Å². The van der Waals surface area contributed by atoms with Gasteiger partial charge in [0.2, 0.25) is 5.82 Å². The zero-order valence-corrected chi connectivity index (χ0v) is 15.8. The summed E-state index contributed by atoms with van der Waals surface area (Å²) in [6.07, 6.45) is 2.42. The monoisotopic (exact) mass is 404 g/mol. The van der Waals surface area contributed by atoms with Crippen molar-refractivity contribution in [3.8, 4) is 23.0 Å². The number of benzene rings is 2. The molecule has 150 valence electrons. The maximum atomic E-state index is 13.9. The molecule has 1 aliphatic rings. The van der Waals surface area contributed by atoms with E-state index in [4.69, 9.17) is 4.52 Å². The fraction of sp³-hybridized carbons (Fsp3) is 0.190. The second kappa shape index (κ2) is 7.51. The molecule has 0 unspecified atom stereocenters. The summed E-state index contributed by atoms with van der Waals surface area (Å²) in [5, 5.41) is 12.3. The van der Waals surface area contributed by atoms with E-state index in [9.17, 15) is 9.18 Å². The quantitative estimate of drug-likeness (QED) is 0.519. The van der Waals surface area contributed by atoms with Crippen LogP contribution in [0.3, 0.4) is 0 Å². The first-order chi connectivity index (χ1) is 14.7. The van der Waals surface area contributed by atoms with Gasteiger partial charge >= 0.3 is 0 Å². The molecule has 1 fully saturated rings. The Labute approximate surface area is 170 Å². The van der Waals surface area contributed by atoms with Crippen LogP contribution in [-0.2, 0) is 0 Å². The Morgan fingerprint density at radius 2 is 1.90 bits per heavy atom. The Hall–Kier alpha value is -3.88. The molecule has 9 heteroatoms. The van der Waals surface area contributed by atoms with Crippen molar-refractivity contribution in [2.45, 2.75) is 12.5 Å². The first kappa shape index (κ1) is 18.2. The van der Waals surface area contributed by atoms with E-state index >= 15 is 0 Å². The first-order valence-corrected chi connectivity index (χ1v) is 9.54. The normalized spacial score (nSPS) is 16.2. The Morgan fingerprint density at radius 3 is 2.73 bits per heavy atom. The number of hydrogen-bond acceptors (Lipinski definition) is 6. The summed E-state index contributed by atoms with van der Waals surface area (Å²) >= 11 is 0. The predicted octanol–water partition coefficient (Wildman–Crippen LogP) is 3.22. The van der Waals surface area contributed by atoms with E-state index in [0.717, 1.165) is 5.56 Å². The van der Waals surface area contributed by atoms with Crippen molar-refractivity contribution in [1.29, 1.82) is 0 Å². The lowest BCUT2D eigenvalue weighted by Crippen LogP contribution is -2.29. The van der Waals surface area contributed by atoms with E-state index in [1.54, 1.807) is 27.9 Å². The van der Waals surface area contributed by atoms with E-state index in [0.29, 0.717) is 31.0 Å². The minimum atomic E-state index is -0.514. The maximum Gasteiger partial charge on any atom is 0.280 e. The Bertz CT molecular complexity index is 1190. The van der Waals surface area contributed by atoms with Crippen LogP contribution in [0.15, 0.2) is 65.3 Å². The highest BCUT2D eigenvalue weighted by atomic mass is 19.1. The topological polar surface area (TPSA) is 89.9 Å². The number of hydrogen-bond donors (Lipinski definition) is 0. The van der Waals surface area contributed by atoms with Crippen LogP contribution in [0.2, 0.25) is 0 Å². The molecule has 5 rings (SSSR count). The average molecular weight is 404 g/mol. The Balaban J connectivity index is 1.30. The van der Waals surface area contributed by atoms with Gasteiger partial charge in [-0.15, -0.1) is 5.10 Å². The minimum absolute atomic E-state index is 0.0570. The highest BCUT2D eigenvalue weighted by molar-refractivity contribution is 5.94. The van der Waals surface area contributed by atoms with Crippen molar-refractivity contribution in [3.05, 3.63) is 72.2 Å². The van der Waals surface area contributed by atoms with Crippen LogP contribution < -0.4 is 0 Å². The number of likely N-dealkylation sites (tertiary alicyclic amines) is 1. The molecule has 2 aromatic heterocycles. The summed E-state index contributed by atoms with van der Waals surface area (Å²) in [5.41, 5.74) is 1.39. The van der Waals surface area contributed by atoms with Gasteiger partial charge in [-0.2, -0.15) is 4.98 Å². The molecule has 4 aromatic rings. The third-order valence-electron chi connectivity index (χ3n) is 5.12. The lowest BCUT2D eigenvalue weighted by Gasteiger charge is -2.16. The first-order valence-electron chi connectivity index (χ1n) is 9.54. The number of amides is 1. The van der Waals surface area contributed by atoms with Gasteiger partial charge in [0.1, 0.15) is 5.82 Å². The smallest absolute Gasteiger partial charge is 0.280 e. The van der Waals surface area contributed by atoms with Gasteiger partial charge in [0.15, 0.2) is 5.69 Å². The van der Waals surface area contributed by atoms with Crippen LogP contribution >= 0.6 is 0 Å². The molecule has 2 aromatic carbocycles. The molecule has 8 nitrogen and oxygen atoms in total. The summed E-state index contributed by atoms with van der Waals surface area (Å²) < 4.78 is 21.0. The maximum absolute atomic E-state index is 13.9. The van der Waals surface area contributed by atoms with Crippen molar-refractivity contribution in [3.63, 3.8) is 0 Å². The second-order valence-corrected chi connectivity index (χ2v) is 7.05. The molecule has 0 aliphatic carbocycles. The molecular weight excluding hydrogens is 387 g/mol. The van der Waals surface area contributed by atoms with E-state index in [1.165, 1.54) is 12.1 Å². The third-order valence-corrected chi connectivity index (χ3v) is 5.12. The SMILES string of the molecule is O=C(c1ccccc1F)N1CC[C@H](n2cc(-c3nc(-c4ccccc4)no3)nn2)C1. The van der Waals surface area contributed by atoms with E-state index in [1.807, 2.05) is 30.3 Å². The molecule has 1 amide bonds. The van der Waals surface area contributed by atoms with Crippen molar-refractivity contribution in [2.75, 3.05) is 13.1 Å². The Morgan fingerprint density at radius 1 is 1.10 bits per heavy atom. The minimum Gasteiger partial charge on any atom is -0.336 e. The van der Waals surface area contributed by atoms with Crippen LogP contribution in [-0.4, -0.2) is 49.0 Å². The average Bonchev–Trinajstić information content (AvgIpc) is 3.54. The highest BCUT2D eigenvalue weighted by Gasteiger charge is 2.30. The standard InChI is InChI=1S/C21H17FN6O2/c22-17-9-5-4-8-16(17)21(29)27-11-10-15(12-27)28-13-18(24-26-28)20-23-19(25-30-20)14-6-2-1-3-7-14/h1-9,13,15H,10-12H2/t15-/m0/s1. The zero-order chi connectivity index (χ0) is 20.5. The van der Waals surface area contributed by atoms with Crippen LogP contribution in [0.25, 0.3) is 23.0 Å². The summed E-state index contributed by atoms with van der Waals surface area (Å²) in [6, 6.07) is 15.5. The molecule has 3 heterocycles. The van der Waals surface area contributed by atoms with E-state index < -0.39 is 5.82 Å². The van der Waals surface area contributed by atoms with Crippen LogP contribution in [0.1, 0.15) is 22.8 Å². The molecule has 0 saturated carbocycles. The lowest BCUT2D eigenvalue weighted by atomic mass is 10.2. The molecule has 30 heavy (non-hydrogen) atoms. The third kappa shape index (κ3) is 3.34. The second-order valence-electron chi connectivity index (χ2n) is 7.05. The molecule has 1 aliphatic heterocycles.